The van der Waals surface area contributed by atoms with Crippen molar-refractivity contribution >= 4 is 64.2 Å². The van der Waals surface area contributed by atoms with E-state index >= 15 is 0 Å². The Morgan fingerprint density at radius 3 is 2.24 bits per heavy atom. The van der Waals surface area contributed by atoms with E-state index in [0.29, 0.717) is 50.6 Å². The number of nitrogens with zero attached hydrogens (tertiary/aromatic N) is 5. The Morgan fingerprint density at radius 2 is 1.54 bits per heavy atom. The van der Waals surface area contributed by atoms with E-state index in [1.165, 1.54) is 25.1 Å². The maximum absolute atomic E-state index is 13.3. The second-order valence-corrected chi connectivity index (χ2v) is 18.1. The number of nitrogens with one attached hydrogen (secondary N) is 4. The number of methoxy groups -OCH3 is 1. The zero-order chi connectivity index (χ0) is 53.5. The van der Waals surface area contributed by atoms with Crippen molar-refractivity contribution in [3.63, 3.8) is 0 Å². The Hall–Kier alpha value is -7.32. The molecule has 4 heterocycles. The van der Waals surface area contributed by atoms with Gasteiger partial charge in [-0.2, -0.15) is 4.98 Å². The molecule has 11 N–H and O–H groups in total. The molecule has 74 heavy (non-hydrogen) atoms. The lowest BCUT2D eigenvalue weighted by Crippen LogP contribution is -2.61. The molecule has 4 aromatic rings. The van der Waals surface area contributed by atoms with Crippen LogP contribution in [0.25, 0.3) is 11.0 Å². The molecule has 4 amide bonds. The highest BCUT2D eigenvalue weighted by Crippen LogP contribution is 2.32. The van der Waals surface area contributed by atoms with Crippen molar-refractivity contribution < 1.29 is 73.2 Å². The SMILES string of the molecule is CCCCCNc1nc(N)nc2ccn(Cc3ccc(CN4CCN(C(=O)OCc5ccc(O[C@@H]6O[C@H](C(=O)O)[C@@H](O)[C@H](O)[C@H]6O)c(NC(=O)CCNC(=O)CCNC(=O)CC(C)C(=O)O)c5)CC4)cc3OC)c12. The minimum atomic E-state index is -1.98. The average Bonchev–Trinajstić information content (AvgIpc) is 3.77. The number of ether oxygens (including phenoxy) is 4. The van der Waals surface area contributed by atoms with E-state index in [1.54, 1.807) is 12.0 Å². The van der Waals surface area contributed by atoms with Crippen LogP contribution in [-0.4, -0.2) is 169 Å². The molecule has 0 bridgehead atoms. The Bertz CT molecular complexity index is 2610. The van der Waals surface area contributed by atoms with Gasteiger partial charge in [0, 0.05) is 83.4 Å². The number of carbonyl (C=O) groups is 6. The number of aliphatic hydroxyl groups excluding tert-OH is 3. The van der Waals surface area contributed by atoms with Gasteiger partial charge in [-0.15, -0.1) is 0 Å². The lowest BCUT2D eigenvalue weighted by Gasteiger charge is -2.38. The van der Waals surface area contributed by atoms with Gasteiger partial charge in [0.15, 0.2) is 11.9 Å². The number of hydrogen-bond acceptors (Lipinski definition) is 18. The number of carboxylic acids is 2. The van der Waals surface area contributed by atoms with Crippen LogP contribution < -0.4 is 36.5 Å². The minimum absolute atomic E-state index is 0.0345. The molecule has 2 fully saturated rings. The zero-order valence-corrected chi connectivity index (χ0v) is 41.5. The topological polar surface area (TPSA) is 352 Å². The van der Waals surface area contributed by atoms with Crippen LogP contribution in [-0.2, 0) is 53.1 Å². The number of rotatable bonds is 25. The lowest BCUT2D eigenvalue weighted by molar-refractivity contribution is -0.271. The van der Waals surface area contributed by atoms with Gasteiger partial charge in [-0.1, -0.05) is 44.9 Å². The van der Waals surface area contributed by atoms with Crippen LogP contribution >= 0.6 is 0 Å². The zero-order valence-electron chi connectivity index (χ0n) is 41.5. The Balaban J connectivity index is 1.02. The summed E-state index contributed by atoms with van der Waals surface area (Å²) in [5.74, 6) is -3.86. The molecule has 6 atom stereocenters. The van der Waals surface area contributed by atoms with E-state index in [2.05, 4.69) is 53.7 Å². The number of anilines is 3. The Kier molecular flexibility index (Phi) is 20.1. The first-order valence-corrected chi connectivity index (χ1v) is 24.4. The van der Waals surface area contributed by atoms with Crippen LogP contribution in [0.15, 0.2) is 48.7 Å². The van der Waals surface area contributed by atoms with Gasteiger partial charge in [-0.05, 0) is 41.8 Å². The molecular weight excluding hydrogens is 969 g/mol. The number of unbranched alkanes of at least 4 members (excludes halogenated alkanes) is 2. The smallest absolute Gasteiger partial charge is 0.410 e. The van der Waals surface area contributed by atoms with Crippen molar-refractivity contribution in [2.24, 2.45) is 5.92 Å². The maximum Gasteiger partial charge on any atom is 0.410 e. The summed E-state index contributed by atoms with van der Waals surface area (Å²) in [6, 6.07) is 12.3. The molecule has 2 saturated heterocycles. The lowest BCUT2D eigenvalue weighted by atomic mass is 9.99. The van der Waals surface area contributed by atoms with Gasteiger partial charge in [-0.25, -0.2) is 14.6 Å². The summed E-state index contributed by atoms with van der Waals surface area (Å²) in [5.41, 5.74) is 9.97. The van der Waals surface area contributed by atoms with Crippen LogP contribution in [0, 0.1) is 5.92 Å². The molecule has 0 aliphatic carbocycles. The molecule has 6 rings (SSSR count). The van der Waals surface area contributed by atoms with Crippen molar-refractivity contribution in [1.29, 1.82) is 0 Å². The summed E-state index contributed by atoms with van der Waals surface area (Å²) < 4.78 is 24.6. The molecule has 2 aliphatic rings. The van der Waals surface area contributed by atoms with Crippen LogP contribution in [0.2, 0.25) is 0 Å². The van der Waals surface area contributed by atoms with Crippen molar-refractivity contribution in [2.75, 3.05) is 69.3 Å². The average molecular weight is 1040 g/mol. The van der Waals surface area contributed by atoms with E-state index in [9.17, 15) is 49.2 Å². The standard InChI is InChI=1S/C49H66N10O15/c1-4-5-6-14-53-44-39-32(55-48(50)56-44)13-17-59(39)26-31-9-7-29(24-35(31)71-3)25-57-18-20-58(21-19-57)49(70)72-27-30-8-10-34(73-47-42(65)40(63)41(64)43(74-47)46(68)69)33(23-30)54-37(61)12-16-51-36(60)11-15-52-38(62)22-28(2)45(66)67/h7-10,13,17,23-24,28,40-43,47,63-65H,4-6,11-12,14-16,18-22,25-27H2,1-3H3,(H,51,60)(H,52,62)(H,54,61)(H,66,67)(H,68,69)(H3,50,53,55,56)/t28?,40-,41-,42+,43-,47+/m0/s1. The highest BCUT2D eigenvalue weighted by atomic mass is 16.7. The predicted molar refractivity (Wildman–Crippen MR) is 266 cm³/mol. The van der Waals surface area contributed by atoms with Crippen molar-refractivity contribution in [2.45, 2.75) is 103 Å². The van der Waals surface area contributed by atoms with Crippen LogP contribution in [0.1, 0.15) is 69.1 Å². The Morgan fingerprint density at radius 1 is 0.824 bits per heavy atom. The van der Waals surface area contributed by atoms with E-state index in [0.717, 1.165) is 53.7 Å². The summed E-state index contributed by atoms with van der Waals surface area (Å²) in [4.78, 5) is 86.2. The van der Waals surface area contributed by atoms with Crippen molar-refractivity contribution in [1.82, 2.24) is 35.0 Å². The van der Waals surface area contributed by atoms with Gasteiger partial charge < -0.3 is 80.9 Å². The fourth-order valence-electron chi connectivity index (χ4n) is 8.26. The summed E-state index contributed by atoms with van der Waals surface area (Å²) in [5, 5.41) is 60.7. The molecule has 0 spiro atoms. The first kappa shape index (κ1) is 56.0. The normalized spacial score (nSPS) is 19.3. The van der Waals surface area contributed by atoms with E-state index in [1.807, 2.05) is 24.4 Å². The van der Waals surface area contributed by atoms with Crippen molar-refractivity contribution in [3.8, 4) is 11.5 Å². The maximum atomic E-state index is 13.3. The van der Waals surface area contributed by atoms with Gasteiger partial charge in [0.2, 0.25) is 30.0 Å². The highest BCUT2D eigenvalue weighted by Gasteiger charge is 2.48. The largest absolute Gasteiger partial charge is 0.496 e. The molecule has 2 aromatic carbocycles. The fraction of sp³-hybridized carbons (Fsp3) is 0.510. The predicted octanol–water partition coefficient (Wildman–Crippen LogP) is 1.46. The molecule has 2 aromatic heterocycles. The molecular formula is C49H66N10O15. The Labute approximate surface area is 426 Å². The van der Waals surface area contributed by atoms with Gasteiger partial charge in [0.1, 0.15) is 41.9 Å². The van der Waals surface area contributed by atoms with Crippen molar-refractivity contribution in [3.05, 3.63) is 65.4 Å². The number of nitrogens with two attached hydrogens (primary N) is 1. The summed E-state index contributed by atoms with van der Waals surface area (Å²) in [6.45, 7) is 6.85. The quantitative estimate of drug-likeness (QED) is 0.0420. The number of amides is 4. The summed E-state index contributed by atoms with van der Waals surface area (Å²) in [7, 11) is 1.63. The first-order chi connectivity index (χ1) is 35.4. The molecule has 0 radical (unpaired) electrons. The number of carbonyl (C=O) groups excluding carboxylic acids is 4. The summed E-state index contributed by atoms with van der Waals surface area (Å²) >= 11 is 0. The van der Waals surface area contributed by atoms with Crippen LogP contribution in [0.5, 0.6) is 11.5 Å². The third kappa shape index (κ3) is 15.4. The monoisotopic (exact) mass is 1030 g/mol. The van der Waals surface area contributed by atoms with E-state index < -0.39 is 72.4 Å². The second-order valence-electron chi connectivity index (χ2n) is 18.1. The number of hydrogen-bond donors (Lipinski definition) is 10. The number of benzene rings is 2. The van der Waals surface area contributed by atoms with Crippen LogP contribution in [0.4, 0.5) is 22.2 Å². The van der Waals surface area contributed by atoms with Gasteiger partial charge in [-0.3, -0.25) is 24.1 Å². The molecule has 25 nitrogen and oxygen atoms in total. The van der Waals surface area contributed by atoms with E-state index in [-0.39, 0.29) is 56.3 Å². The summed E-state index contributed by atoms with van der Waals surface area (Å²) in [6.07, 6.45) is -5.70. The third-order valence-electron chi connectivity index (χ3n) is 12.4. The highest BCUT2D eigenvalue weighted by molar-refractivity contribution is 5.93. The number of piperazine rings is 1. The van der Waals surface area contributed by atoms with Gasteiger partial charge >= 0.3 is 18.0 Å². The molecule has 1 unspecified atom stereocenters. The molecule has 402 valence electrons. The molecule has 2 aliphatic heterocycles. The van der Waals surface area contributed by atoms with Gasteiger partial charge in [0.25, 0.3) is 0 Å². The van der Waals surface area contributed by atoms with Gasteiger partial charge in [0.05, 0.1) is 30.8 Å². The second kappa shape index (κ2) is 26.6. The number of carboxylic acid groups (broad SMARTS) is 2. The number of aromatic nitrogens is 3. The number of fused-ring (bicyclic) bond motifs is 1. The fourth-order valence-corrected chi connectivity index (χ4v) is 8.26. The number of aliphatic carboxylic acids is 2. The molecule has 0 saturated carbocycles. The number of nitrogen functional groups attached to an aromatic ring is 1. The minimum Gasteiger partial charge on any atom is -0.496 e. The van der Waals surface area contributed by atoms with E-state index in [4.69, 9.17) is 29.8 Å². The number of aliphatic hydroxyl groups is 3. The third-order valence-corrected chi connectivity index (χ3v) is 12.4. The first-order valence-electron chi connectivity index (χ1n) is 24.4. The molecule has 25 heteroatoms. The van der Waals surface area contributed by atoms with Crippen LogP contribution in [0.3, 0.4) is 0 Å².